The van der Waals surface area contributed by atoms with E-state index in [1.807, 2.05) is 30.3 Å². The second kappa shape index (κ2) is 8.98. The Labute approximate surface area is 119 Å². The van der Waals surface area contributed by atoms with Crippen molar-refractivity contribution < 1.29 is 49.4 Å². The molecule has 0 amide bonds. The van der Waals surface area contributed by atoms with Gasteiger partial charge in [-0.25, -0.2) is 0 Å². The third-order valence-electron chi connectivity index (χ3n) is 1.68. The topological polar surface area (TPSA) is 97.9 Å². The van der Waals surface area contributed by atoms with Gasteiger partial charge < -0.3 is 12.2 Å². The summed E-state index contributed by atoms with van der Waals surface area (Å²) < 4.78 is 29.2. The number of para-hydroxylation sites is 1. The van der Waals surface area contributed by atoms with Crippen LogP contribution in [0.1, 0.15) is 7.85 Å². The van der Waals surface area contributed by atoms with Gasteiger partial charge >= 0.3 is 29.6 Å². The van der Waals surface area contributed by atoms with Gasteiger partial charge in [0.1, 0.15) is 0 Å². The van der Waals surface area contributed by atoms with Crippen LogP contribution in [0, 0.1) is 0 Å². The SMILES string of the molecule is O.O=S(=O)(O)CCCNc1ccccc1.[H-].[Na+]. The van der Waals surface area contributed by atoms with E-state index in [2.05, 4.69) is 5.32 Å². The molecule has 1 rings (SSSR count). The van der Waals surface area contributed by atoms with E-state index in [1.54, 1.807) is 0 Å². The molecule has 0 spiro atoms. The predicted octanol–water partition coefficient (Wildman–Crippen LogP) is -2.33. The fraction of sp³-hybridized carbons (Fsp3) is 0.333. The van der Waals surface area contributed by atoms with E-state index in [-0.39, 0.29) is 42.2 Å². The maximum absolute atomic E-state index is 10.4. The predicted molar refractivity (Wildman–Crippen MR) is 60.7 cm³/mol. The normalized spacial score (nSPS) is 9.81. The van der Waals surface area contributed by atoms with Crippen LogP contribution in [0.15, 0.2) is 30.3 Å². The number of rotatable bonds is 5. The van der Waals surface area contributed by atoms with Gasteiger partial charge in [0.25, 0.3) is 10.1 Å². The monoisotopic (exact) mass is 257 g/mol. The minimum atomic E-state index is -3.82. The average molecular weight is 257 g/mol. The summed E-state index contributed by atoms with van der Waals surface area (Å²) in [4.78, 5) is 0. The first kappa shape index (κ1) is 18.3. The van der Waals surface area contributed by atoms with Crippen molar-refractivity contribution >= 4 is 15.8 Å². The Morgan fingerprint density at radius 3 is 2.31 bits per heavy atom. The molecule has 1 aromatic carbocycles. The third kappa shape index (κ3) is 9.14. The summed E-state index contributed by atoms with van der Waals surface area (Å²) in [6, 6.07) is 9.49. The van der Waals surface area contributed by atoms with Gasteiger partial charge in [0.2, 0.25) is 0 Å². The summed E-state index contributed by atoms with van der Waals surface area (Å²) >= 11 is 0. The molecule has 7 heteroatoms. The van der Waals surface area contributed by atoms with Crippen molar-refractivity contribution in [3.63, 3.8) is 0 Å². The number of hydrogen-bond acceptors (Lipinski definition) is 3. The van der Waals surface area contributed by atoms with Gasteiger partial charge in [0.15, 0.2) is 0 Å². The maximum atomic E-state index is 10.4. The van der Waals surface area contributed by atoms with Gasteiger partial charge in [-0.05, 0) is 18.6 Å². The van der Waals surface area contributed by atoms with E-state index in [0.29, 0.717) is 13.0 Å². The molecule has 0 atom stereocenters. The van der Waals surface area contributed by atoms with E-state index < -0.39 is 10.1 Å². The first-order chi connectivity index (χ1) is 6.58. The molecule has 0 saturated heterocycles. The molecule has 5 nitrogen and oxygen atoms in total. The Morgan fingerprint density at radius 1 is 1.25 bits per heavy atom. The third-order valence-corrected chi connectivity index (χ3v) is 2.49. The first-order valence-electron chi connectivity index (χ1n) is 4.32. The van der Waals surface area contributed by atoms with E-state index in [0.717, 1.165) is 5.69 Å². The van der Waals surface area contributed by atoms with E-state index >= 15 is 0 Å². The molecule has 0 unspecified atom stereocenters. The maximum Gasteiger partial charge on any atom is 1.00 e. The zero-order valence-corrected chi connectivity index (χ0v) is 12.0. The molecule has 0 fully saturated rings. The summed E-state index contributed by atoms with van der Waals surface area (Å²) in [7, 11) is -3.82. The zero-order chi connectivity index (χ0) is 10.4. The van der Waals surface area contributed by atoms with Crippen molar-refractivity contribution in [2.75, 3.05) is 17.6 Å². The summed E-state index contributed by atoms with van der Waals surface area (Å²) in [6.07, 6.45) is 0.397. The molecular weight excluding hydrogens is 241 g/mol. The Kier molecular flexibility index (Phi) is 10.2. The average Bonchev–Trinajstić information content (AvgIpc) is 2.13. The van der Waals surface area contributed by atoms with Crippen LogP contribution in [0.4, 0.5) is 5.69 Å². The minimum absolute atomic E-state index is 0. The zero-order valence-electron chi connectivity index (χ0n) is 10.2. The summed E-state index contributed by atoms with van der Waals surface area (Å²) in [5.74, 6) is -0.202. The molecule has 88 valence electrons. The molecule has 0 aliphatic rings. The quantitative estimate of drug-likeness (QED) is 0.351. The molecule has 4 N–H and O–H groups in total. The largest absolute Gasteiger partial charge is 1.00 e. The van der Waals surface area contributed by atoms with Crippen LogP contribution >= 0.6 is 0 Å². The minimum Gasteiger partial charge on any atom is -1.00 e. The van der Waals surface area contributed by atoms with Crippen molar-refractivity contribution in [1.29, 1.82) is 0 Å². The standard InChI is InChI=1S/C9H13NO3S.Na.H2O.H/c11-14(12,13)8-4-7-10-9-5-2-1-3-6-9;;;/h1-3,5-6,10H,4,7-8H2,(H,11,12,13);;1H2;/q;+1;;-1. The van der Waals surface area contributed by atoms with Crippen molar-refractivity contribution in [2.24, 2.45) is 0 Å². The van der Waals surface area contributed by atoms with Crippen molar-refractivity contribution in [1.82, 2.24) is 0 Å². The Hall–Kier alpha value is -0.110. The fourth-order valence-electron chi connectivity index (χ4n) is 1.04. The Balaban J connectivity index is -0.000000653. The van der Waals surface area contributed by atoms with Crippen molar-refractivity contribution in [2.45, 2.75) is 6.42 Å². The Bertz CT molecular complexity index is 374. The van der Waals surface area contributed by atoms with Crippen molar-refractivity contribution in [3.05, 3.63) is 30.3 Å². The number of hydrogen-bond donors (Lipinski definition) is 2. The molecule has 0 heterocycles. The van der Waals surface area contributed by atoms with Crippen LogP contribution in [0.5, 0.6) is 0 Å². The number of benzene rings is 1. The number of anilines is 1. The van der Waals surface area contributed by atoms with Crippen LogP contribution in [-0.4, -0.2) is 30.7 Å². The molecule has 0 aromatic heterocycles. The summed E-state index contributed by atoms with van der Waals surface area (Å²) in [6.45, 7) is 0.532. The molecule has 0 aliphatic carbocycles. The number of nitrogens with one attached hydrogen (secondary N) is 1. The van der Waals surface area contributed by atoms with Gasteiger partial charge in [0.05, 0.1) is 5.75 Å². The first-order valence-corrected chi connectivity index (χ1v) is 5.93. The Morgan fingerprint density at radius 2 is 1.81 bits per heavy atom. The second-order valence-electron chi connectivity index (χ2n) is 2.93. The molecule has 1 aromatic rings. The van der Waals surface area contributed by atoms with Gasteiger partial charge in [-0.2, -0.15) is 8.42 Å². The van der Waals surface area contributed by atoms with Gasteiger partial charge in [-0.1, -0.05) is 18.2 Å². The second-order valence-corrected chi connectivity index (χ2v) is 4.50. The molecule has 0 saturated carbocycles. The van der Waals surface area contributed by atoms with Crippen LogP contribution < -0.4 is 34.9 Å². The van der Waals surface area contributed by atoms with Crippen LogP contribution in [-0.2, 0) is 10.1 Å². The van der Waals surface area contributed by atoms with Gasteiger partial charge in [-0.3, -0.25) is 4.55 Å². The van der Waals surface area contributed by atoms with Crippen LogP contribution in [0.25, 0.3) is 0 Å². The van der Waals surface area contributed by atoms with Crippen LogP contribution in [0.3, 0.4) is 0 Å². The van der Waals surface area contributed by atoms with Crippen LogP contribution in [0.2, 0.25) is 0 Å². The molecule has 0 radical (unpaired) electrons. The molecular formula is C9H16NNaO4S. The fourth-order valence-corrected chi connectivity index (χ4v) is 1.55. The van der Waals surface area contributed by atoms with Gasteiger partial charge in [-0.15, -0.1) is 0 Å². The van der Waals surface area contributed by atoms with E-state index in [4.69, 9.17) is 4.55 Å². The smallest absolute Gasteiger partial charge is 1.00 e. The summed E-state index contributed by atoms with van der Waals surface area (Å²) in [5.41, 5.74) is 0.947. The van der Waals surface area contributed by atoms with E-state index in [1.165, 1.54) is 0 Å². The van der Waals surface area contributed by atoms with Gasteiger partial charge in [0, 0.05) is 12.2 Å². The van der Waals surface area contributed by atoms with E-state index in [9.17, 15) is 8.42 Å². The van der Waals surface area contributed by atoms with Crippen molar-refractivity contribution in [3.8, 4) is 0 Å². The molecule has 0 bridgehead atoms. The summed E-state index contributed by atoms with van der Waals surface area (Å²) in [5, 5.41) is 3.04. The molecule has 16 heavy (non-hydrogen) atoms. The molecule has 0 aliphatic heterocycles.